The van der Waals surface area contributed by atoms with Crippen molar-refractivity contribution in [2.24, 2.45) is 0 Å². The predicted octanol–water partition coefficient (Wildman–Crippen LogP) is 3.18. The number of aromatic nitrogens is 2. The summed E-state index contributed by atoms with van der Waals surface area (Å²) in [5.41, 5.74) is 1.39. The first-order chi connectivity index (χ1) is 13.6. The molecule has 1 N–H and O–H groups in total. The molecule has 1 saturated heterocycles. The van der Waals surface area contributed by atoms with Crippen LogP contribution in [0.4, 0.5) is 4.39 Å². The molecule has 1 aromatic heterocycles. The lowest BCUT2D eigenvalue weighted by atomic mass is 10.1. The van der Waals surface area contributed by atoms with E-state index in [1.165, 1.54) is 6.07 Å². The Morgan fingerprint density at radius 3 is 2.86 bits per heavy atom. The number of nitrogens with one attached hydrogen (secondary N) is 1. The number of hydrogen-bond acceptors (Lipinski definition) is 5. The highest BCUT2D eigenvalue weighted by Crippen LogP contribution is 2.21. The third kappa shape index (κ3) is 4.13. The monoisotopic (exact) mass is 444 g/mol. The summed E-state index contributed by atoms with van der Waals surface area (Å²) in [5, 5.41) is 6.87. The summed E-state index contributed by atoms with van der Waals surface area (Å²) >= 11 is 3.26. The normalized spacial score (nSPS) is 17.5. The van der Waals surface area contributed by atoms with Crippen LogP contribution in [0.25, 0.3) is 11.4 Å². The minimum absolute atomic E-state index is 0.122. The van der Waals surface area contributed by atoms with Crippen molar-refractivity contribution in [2.75, 3.05) is 13.1 Å². The van der Waals surface area contributed by atoms with E-state index < -0.39 is 6.04 Å². The van der Waals surface area contributed by atoms with Gasteiger partial charge in [-0.15, -0.1) is 0 Å². The summed E-state index contributed by atoms with van der Waals surface area (Å²) in [7, 11) is 0. The van der Waals surface area contributed by atoms with E-state index in [-0.39, 0.29) is 18.1 Å². The number of carbonyl (C=O) groups is 1. The van der Waals surface area contributed by atoms with E-state index in [4.69, 9.17) is 4.52 Å². The Balaban J connectivity index is 1.52. The molecule has 1 fully saturated rings. The lowest BCUT2D eigenvalue weighted by Gasteiger charge is -2.34. The minimum Gasteiger partial charge on any atom is -0.353 e. The maximum atomic E-state index is 14.2. The van der Waals surface area contributed by atoms with Crippen molar-refractivity contribution in [3.05, 3.63) is 70.3 Å². The van der Waals surface area contributed by atoms with Gasteiger partial charge >= 0.3 is 0 Å². The van der Waals surface area contributed by atoms with Crippen molar-refractivity contribution in [3.63, 3.8) is 0 Å². The summed E-state index contributed by atoms with van der Waals surface area (Å²) in [5.74, 6) is 0.436. The number of carbonyl (C=O) groups excluding carboxylic acids is 1. The summed E-state index contributed by atoms with van der Waals surface area (Å²) in [6.07, 6.45) is 0.268. The van der Waals surface area contributed by atoms with Gasteiger partial charge in [0.1, 0.15) is 5.82 Å². The molecule has 0 spiro atoms. The smallest absolute Gasteiger partial charge is 0.237 e. The maximum absolute atomic E-state index is 14.2. The second kappa shape index (κ2) is 8.20. The largest absolute Gasteiger partial charge is 0.353 e. The van der Waals surface area contributed by atoms with Crippen LogP contribution in [0.5, 0.6) is 0 Å². The fraction of sp³-hybridized carbons (Fsp3) is 0.250. The van der Waals surface area contributed by atoms with E-state index >= 15 is 0 Å². The number of halogens is 2. The Morgan fingerprint density at radius 1 is 1.25 bits per heavy atom. The average Bonchev–Trinajstić information content (AvgIpc) is 3.16. The topological polar surface area (TPSA) is 71.3 Å². The zero-order valence-corrected chi connectivity index (χ0v) is 16.5. The van der Waals surface area contributed by atoms with E-state index in [0.29, 0.717) is 41.4 Å². The molecular weight excluding hydrogens is 427 g/mol. The van der Waals surface area contributed by atoms with Crippen LogP contribution in [-0.2, 0) is 17.8 Å². The van der Waals surface area contributed by atoms with Gasteiger partial charge in [-0.25, -0.2) is 4.39 Å². The van der Waals surface area contributed by atoms with Crippen LogP contribution >= 0.6 is 15.9 Å². The first-order valence-electron chi connectivity index (χ1n) is 8.94. The molecule has 144 valence electrons. The molecule has 0 aliphatic carbocycles. The Bertz CT molecular complexity index is 979. The van der Waals surface area contributed by atoms with Gasteiger partial charge in [-0.05, 0) is 12.1 Å². The lowest BCUT2D eigenvalue weighted by Crippen LogP contribution is -2.55. The van der Waals surface area contributed by atoms with E-state index in [0.717, 1.165) is 5.56 Å². The molecule has 1 atom stereocenters. The average molecular weight is 445 g/mol. The second-order valence-corrected chi connectivity index (χ2v) is 7.51. The highest BCUT2D eigenvalue weighted by atomic mass is 79.9. The van der Waals surface area contributed by atoms with Gasteiger partial charge in [0.2, 0.25) is 17.6 Å². The molecule has 0 bridgehead atoms. The fourth-order valence-electron chi connectivity index (χ4n) is 3.25. The van der Waals surface area contributed by atoms with Gasteiger partial charge in [-0.2, -0.15) is 4.98 Å². The van der Waals surface area contributed by atoms with E-state index in [1.54, 1.807) is 12.1 Å². The van der Waals surface area contributed by atoms with Gasteiger partial charge in [-0.3, -0.25) is 9.69 Å². The molecule has 4 rings (SSSR count). The fourth-order valence-corrected chi connectivity index (χ4v) is 3.58. The van der Waals surface area contributed by atoms with Crippen LogP contribution in [0.1, 0.15) is 11.5 Å². The zero-order valence-electron chi connectivity index (χ0n) is 14.9. The standard InChI is InChI=1S/C20H18BrFN4O2/c21-15-7-6-14(16(22)10-15)12-26-9-8-23-20(27)17(26)11-18-24-19(25-28-18)13-4-2-1-3-5-13/h1-7,10,17H,8-9,11-12H2,(H,23,27). The van der Waals surface area contributed by atoms with Crippen molar-refractivity contribution in [1.29, 1.82) is 0 Å². The number of nitrogens with zero attached hydrogens (tertiary/aromatic N) is 3. The van der Waals surface area contributed by atoms with Gasteiger partial charge in [0.15, 0.2) is 0 Å². The van der Waals surface area contributed by atoms with Gasteiger partial charge < -0.3 is 9.84 Å². The molecule has 3 aromatic rings. The lowest BCUT2D eigenvalue weighted by molar-refractivity contribution is -0.129. The highest BCUT2D eigenvalue weighted by Gasteiger charge is 2.32. The van der Waals surface area contributed by atoms with Crippen LogP contribution in [0.3, 0.4) is 0 Å². The summed E-state index contributed by atoms with van der Waals surface area (Å²) in [6, 6.07) is 13.9. The number of hydrogen-bond donors (Lipinski definition) is 1. The zero-order chi connectivity index (χ0) is 19.5. The first-order valence-corrected chi connectivity index (χ1v) is 9.73. The van der Waals surface area contributed by atoms with E-state index in [2.05, 4.69) is 31.4 Å². The van der Waals surface area contributed by atoms with Crippen molar-refractivity contribution in [1.82, 2.24) is 20.4 Å². The quantitative estimate of drug-likeness (QED) is 0.654. The first kappa shape index (κ1) is 18.8. The number of amides is 1. The van der Waals surface area contributed by atoms with Crippen LogP contribution in [0.2, 0.25) is 0 Å². The third-order valence-corrected chi connectivity index (χ3v) is 5.19. The second-order valence-electron chi connectivity index (χ2n) is 6.59. The van der Waals surface area contributed by atoms with Crippen LogP contribution in [-0.4, -0.2) is 40.1 Å². The summed E-state index contributed by atoms with van der Waals surface area (Å²) in [6.45, 7) is 1.47. The van der Waals surface area contributed by atoms with Gasteiger partial charge in [0.25, 0.3) is 0 Å². The molecule has 1 aliphatic heterocycles. The number of piperazine rings is 1. The molecule has 1 unspecified atom stereocenters. The molecule has 1 amide bonds. The Morgan fingerprint density at radius 2 is 2.07 bits per heavy atom. The van der Waals surface area contributed by atoms with Crippen molar-refractivity contribution >= 4 is 21.8 Å². The van der Waals surface area contributed by atoms with Crippen LogP contribution < -0.4 is 5.32 Å². The Hall–Kier alpha value is -2.58. The molecule has 2 heterocycles. The molecule has 0 saturated carbocycles. The molecule has 0 radical (unpaired) electrons. The van der Waals surface area contributed by atoms with E-state index in [9.17, 15) is 9.18 Å². The predicted molar refractivity (Wildman–Crippen MR) is 105 cm³/mol. The number of rotatable bonds is 5. The summed E-state index contributed by atoms with van der Waals surface area (Å²) < 4.78 is 20.3. The van der Waals surface area contributed by atoms with Crippen LogP contribution in [0.15, 0.2) is 57.5 Å². The molecule has 8 heteroatoms. The van der Waals surface area contributed by atoms with E-state index in [1.807, 2.05) is 35.2 Å². The highest BCUT2D eigenvalue weighted by molar-refractivity contribution is 9.10. The van der Waals surface area contributed by atoms with Gasteiger partial charge in [0.05, 0.1) is 12.5 Å². The summed E-state index contributed by atoms with van der Waals surface area (Å²) in [4.78, 5) is 18.8. The number of benzene rings is 2. The van der Waals surface area contributed by atoms with Gasteiger partial charge in [0, 0.05) is 35.2 Å². The Labute approximate surface area is 169 Å². The Kier molecular flexibility index (Phi) is 5.50. The van der Waals surface area contributed by atoms with Gasteiger partial charge in [-0.1, -0.05) is 57.5 Å². The minimum atomic E-state index is -0.499. The molecule has 2 aromatic carbocycles. The molecule has 1 aliphatic rings. The molecule has 6 nitrogen and oxygen atoms in total. The van der Waals surface area contributed by atoms with Crippen molar-refractivity contribution in [3.8, 4) is 11.4 Å². The van der Waals surface area contributed by atoms with Crippen molar-refractivity contribution in [2.45, 2.75) is 19.0 Å². The SMILES string of the molecule is O=C1NCCN(Cc2ccc(Br)cc2F)C1Cc1nc(-c2ccccc2)no1. The molecular formula is C20H18BrFN4O2. The maximum Gasteiger partial charge on any atom is 0.237 e. The third-order valence-electron chi connectivity index (χ3n) is 4.70. The van der Waals surface area contributed by atoms with Crippen LogP contribution in [0, 0.1) is 5.82 Å². The van der Waals surface area contributed by atoms with Crippen molar-refractivity contribution < 1.29 is 13.7 Å². The molecule has 28 heavy (non-hydrogen) atoms.